The van der Waals surface area contributed by atoms with Crippen LogP contribution in [0.15, 0.2) is 53.4 Å². The molecule has 6 nitrogen and oxygen atoms in total. The number of ether oxygens (including phenoxy) is 1. The van der Waals surface area contributed by atoms with Gasteiger partial charge in [0.05, 0.1) is 18.6 Å². The van der Waals surface area contributed by atoms with Crippen LogP contribution in [0, 0.1) is 11.8 Å². The number of amides is 1. The summed E-state index contributed by atoms with van der Waals surface area (Å²) in [4.78, 5) is 11.1. The monoisotopic (exact) mass is 358 g/mol. The lowest BCUT2D eigenvalue weighted by Gasteiger charge is -2.05. The normalized spacial score (nSPS) is 10.5. The van der Waals surface area contributed by atoms with Crippen LogP contribution in [0.1, 0.15) is 12.5 Å². The topological polar surface area (TPSA) is 84.5 Å². The number of benzene rings is 2. The number of rotatable bonds is 5. The zero-order chi connectivity index (χ0) is 18.3. The highest BCUT2D eigenvalue weighted by molar-refractivity contribution is 7.89. The van der Waals surface area contributed by atoms with Gasteiger partial charge in [-0.3, -0.25) is 4.79 Å². The molecule has 130 valence electrons. The van der Waals surface area contributed by atoms with Gasteiger partial charge in [-0.1, -0.05) is 11.8 Å². The Bertz CT molecular complexity index is 893. The summed E-state index contributed by atoms with van der Waals surface area (Å²) in [5.74, 6) is 6.05. The Kier molecular flexibility index (Phi) is 6.17. The van der Waals surface area contributed by atoms with Gasteiger partial charge in [0.15, 0.2) is 0 Å². The molecule has 1 amide bonds. The molecule has 0 radical (unpaired) electrons. The van der Waals surface area contributed by atoms with Crippen LogP contribution in [0.25, 0.3) is 0 Å². The predicted molar refractivity (Wildman–Crippen MR) is 95.8 cm³/mol. The molecule has 0 unspecified atom stereocenters. The Morgan fingerprint density at radius 1 is 1.08 bits per heavy atom. The van der Waals surface area contributed by atoms with Crippen LogP contribution in [0.3, 0.4) is 0 Å². The van der Waals surface area contributed by atoms with Crippen molar-refractivity contribution in [2.45, 2.75) is 11.8 Å². The van der Waals surface area contributed by atoms with Crippen LogP contribution >= 0.6 is 0 Å². The molecule has 0 spiro atoms. The van der Waals surface area contributed by atoms with Crippen molar-refractivity contribution in [2.24, 2.45) is 0 Å². The average molecular weight is 358 g/mol. The lowest BCUT2D eigenvalue weighted by atomic mass is 10.2. The molecule has 0 aliphatic carbocycles. The summed E-state index contributed by atoms with van der Waals surface area (Å²) in [6.45, 7) is 1.42. The van der Waals surface area contributed by atoms with Crippen molar-refractivity contribution < 1.29 is 17.9 Å². The molecule has 0 fully saturated rings. The van der Waals surface area contributed by atoms with Gasteiger partial charge in [0.1, 0.15) is 5.75 Å². The van der Waals surface area contributed by atoms with Gasteiger partial charge in [0.2, 0.25) is 15.9 Å². The second-order valence-electron chi connectivity index (χ2n) is 5.06. The van der Waals surface area contributed by atoms with Crippen LogP contribution in [-0.2, 0) is 14.8 Å². The van der Waals surface area contributed by atoms with Crippen LogP contribution in [0.2, 0.25) is 0 Å². The van der Waals surface area contributed by atoms with E-state index in [2.05, 4.69) is 21.9 Å². The van der Waals surface area contributed by atoms with Crippen molar-refractivity contribution in [3.8, 4) is 17.6 Å². The number of sulfonamides is 1. The predicted octanol–water partition coefficient (Wildman–Crippen LogP) is 1.98. The average Bonchev–Trinajstić information content (AvgIpc) is 2.60. The summed E-state index contributed by atoms with van der Waals surface area (Å²) >= 11 is 0. The molecule has 7 heteroatoms. The summed E-state index contributed by atoms with van der Waals surface area (Å²) in [7, 11) is -2.10. The highest BCUT2D eigenvalue weighted by atomic mass is 32.2. The first-order chi connectivity index (χ1) is 11.9. The Hall–Kier alpha value is -2.82. The minimum Gasteiger partial charge on any atom is -0.497 e. The number of methoxy groups -OCH3 is 1. The van der Waals surface area contributed by atoms with E-state index in [1.54, 1.807) is 36.4 Å². The fourth-order valence-electron chi connectivity index (χ4n) is 1.96. The molecule has 25 heavy (non-hydrogen) atoms. The van der Waals surface area contributed by atoms with Crippen LogP contribution in [0.4, 0.5) is 5.69 Å². The Morgan fingerprint density at radius 2 is 1.72 bits per heavy atom. The van der Waals surface area contributed by atoms with Gasteiger partial charge in [0.25, 0.3) is 0 Å². The lowest BCUT2D eigenvalue weighted by Crippen LogP contribution is -2.23. The van der Waals surface area contributed by atoms with Crippen LogP contribution in [0.5, 0.6) is 5.75 Å². The fraction of sp³-hybridized carbons (Fsp3) is 0.167. The first kappa shape index (κ1) is 18.5. The number of nitrogens with one attached hydrogen (secondary N) is 2. The number of anilines is 1. The molecule has 2 aromatic carbocycles. The fourth-order valence-corrected chi connectivity index (χ4v) is 2.88. The van der Waals surface area contributed by atoms with E-state index < -0.39 is 10.0 Å². The summed E-state index contributed by atoms with van der Waals surface area (Å²) in [6.07, 6.45) is 0. The van der Waals surface area contributed by atoms with E-state index in [-0.39, 0.29) is 17.3 Å². The number of hydrogen-bond acceptors (Lipinski definition) is 4. The van der Waals surface area contributed by atoms with E-state index in [9.17, 15) is 13.2 Å². The maximum absolute atomic E-state index is 12.1. The van der Waals surface area contributed by atoms with E-state index in [4.69, 9.17) is 4.74 Å². The molecule has 2 N–H and O–H groups in total. The zero-order valence-corrected chi connectivity index (χ0v) is 14.7. The van der Waals surface area contributed by atoms with Crippen LogP contribution in [-0.4, -0.2) is 28.0 Å². The SMILES string of the molecule is COc1ccc(S(=O)(=O)NCC#Cc2ccc(NC(C)=O)cc2)cc1. The third-order valence-electron chi connectivity index (χ3n) is 3.16. The van der Waals surface area contributed by atoms with Crippen molar-refractivity contribution in [1.82, 2.24) is 4.72 Å². The lowest BCUT2D eigenvalue weighted by molar-refractivity contribution is -0.114. The quantitative estimate of drug-likeness (QED) is 0.801. The van der Waals surface area contributed by atoms with Gasteiger partial charge in [-0.2, -0.15) is 4.72 Å². The highest BCUT2D eigenvalue weighted by Crippen LogP contribution is 2.15. The number of carbonyl (C=O) groups is 1. The van der Waals surface area contributed by atoms with E-state index in [0.29, 0.717) is 11.4 Å². The van der Waals surface area contributed by atoms with Gasteiger partial charge in [-0.05, 0) is 48.5 Å². The number of hydrogen-bond donors (Lipinski definition) is 2. The maximum atomic E-state index is 12.1. The molecule has 0 saturated heterocycles. The molecule has 0 heterocycles. The van der Waals surface area contributed by atoms with Gasteiger partial charge < -0.3 is 10.1 Å². The summed E-state index contributed by atoms with van der Waals surface area (Å²) in [6, 6.07) is 13.0. The number of carbonyl (C=O) groups excluding carboxylic acids is 1. The largest absolute Gasteiger partial charge is 0.497 e. The molecule has 0 aliphatic rings. The Balaban J connectivity index is 1.95. The van der Waals surface area contributed by atoms with E-state index in [1.807, 2.05) is 0 Å². The van der Waals surface area contributed by atoms with E-state index >= 15 is 0 Å². The molecule has 0 atom stereocenters. The second-order valence-corrected chi connectivity index (χ2v) is 6.83. The molecule has 2 rings (SSSR count). The first-order valence-electron chi connectivity index (χ1n) is 7.41. The zero-order valence-electron chi connectivity index (χ0n) is 13.9. The van der Waals surface area contributed by atoms with Gasteiger partial charge in [-0.25, -0.2) is 8.42 Å². The summed E-state index contributed by atoms with van der Waals surface area (Å²) < 4.78 is 31.7. The maximum Gasteiger partial charge on any atom is 0.241 e. The minimum atomic E-state index is -3.62. The summed E-state index contributed by atoms with van der Waals surface area (Å²) in [5.41, 5.74) is 1.40. The molecular formula is C18H18N2O4S. The van der Waals surface area contributed by atoms with Crippen molar-refractivity contribution in [3.05, 3.63) is 54.1 Å². The van der Waals surface area contributed by atoms with Crippen molar-refractivity contribution in [3.63, 3.8) is 0 Å². The molecule has 0 bridgehead atoms. The molecule has 0 saturated carbocycles. The molecule has 0 aliphatic heterocycles. The molecule has 0 aromatic heterocycles. The standard InChI is InChI=1S/C18H18N2O4S/c1-14(21)20-16-7-5-15(6-8-16)4-3-13-19-25(22,23)18-11-9-17(24-2)10-12-18/h5-12,19H,13H2,1-2H3,(H,20,21). The summed E-state index contributed by atoms with van der Waals surface area (Å²) in [5, 5.41) is 2.66. The highest BCUT2D eigenvalue weighted by Gasteiger charge is 2.12. The Labute approximate surface area is 147 Å². The van der Waals surface area contributed by atoms with E-state index in [1.165, 1.54) is 26.2 Å². The Morgan fingerprint density at radius 3 is 2.28 bits per heavy atom. The van der Waals surface area contributed by atoms with Gasteiger partial charge in [0, 0.05) is 18.2 Å². The minimum absolute atomic E-state index is 0.0121. The van der Waals surface area contributed by atoms with E-state index in [0.717, 1.165) is 5.56 Å². The van der Waals surface area contributed by atoms with Crippen molar-refractivity contribution in [1.29, 1.82) is 0 Å². The third-order valence-corrected chi connectivity index (χ3v) is 4.58. The van der Waals surface area contributed by atoms with Crippen molar-refractivity contribution >= 4 is 21.6 Å². The molecular weight excluding hydrogens is 340 g/mol. The smallest absolute Gasteiger partial charge is 0.241 e. The van der Waals surface area contributed by atoms with Crippen molar-refractivity contribution in [2.75, 3.05) is 19.0 Å². The van der Waals surface area contributed by atoms with Crippen LogP contribution < -0.4 is 14.8 Å². The van der Waals surface area contributed by atoms with Gasteiger partial charge in [-0.15, -0.1) is 0 Å². The second kappa shape index (κ2) is 8.33. The first-order valence-corrected chi connectivity index (χ1v) is 8.89. The molecule has 2 aromatic rings. The third kappa shape index (κ3) is 5.64. The van der Waals surface area contributed by atoms with Gasteiger partial charge >= 0.3 is 0 Å².